The lowest BCUT2D eigenvalue weighted by molar-refractivity contribution is -0.131. The topological polar surface area (TPSA) is 97.1 Å². The lowest BCUT2D eigenvalue weighted by Crippen LogP contribution is -2.50. The zero-order valence-corrected chi connectivity index (χ0v) is 13.0. The summed E-state index contributed by atoms with van der Waals surface area (Å²) in [5.74, 6) is 1.47. The summed E-state index contributed by atoms with van der Waals surface area (Å²) in [4.78, 5) is 28.2. The van der Waals surface area contributed by atoms with Gasteiger partial charge in [-0.15, -0.1) is 0 Å². The Morgan fingerprint density at radius 1 is 1.36 bits per heavy atom. The Kier molecular flexibility index (Phi) is 4.13. The first-order valence-corrected chi connectivity index (χ1v) is 7.98. The SMILES string of the molecule is CC(C)[C@@H](NC(=O)[C@H]1CCCC(=O)N1)c1nc(C2CC2)no1. The molecule has 1 aliphatic carbocycles. The molecule has 22 heavy (non-hydrogen) atoms. The molecular formula is C15H22N4O3. The molecule has 2 atom stereocenters. The summed E-state index contributed by atoms with van der Waals surface area (Å²) in [5.41, 5.74) is 0. The molecule has 2 amide bonds. The second kappa shape index (κ2) is 6.06. The van der Waals surface area contributed by atoms with Crippen LogP contribution in [0.15, 0.2) is 4.52 Å². The third-order valence-electron chi connectivity index (χ3n) is 4.18. The molecule has 2 heterocycles. The van der Waals surface area contributed by atoms with Crippen LogP contribution in [0.4, 0.5) is 0 Å². The number of rotatable bonds is 5. The van der Waals surface area contributed by atoms with E-state index in [1.54, 1.807) is 0 Å². The van der Waals surface area contributed by atoms with Crippen molar-refractivity contribution < 1.29 is 14.1 Å². The molecule has 0 aromatic carbocycles. The second-order valence-electron chi connectivity index (χ2n) is 6.51. The Balaban J connectivity index is 1.67. The fourth-order valence-electron chi connectivity index (χ4n) is 2.65. The summed E-state index contributed by atoms with van der Waals surface area (Å²) in [5, 5.41) is 9.68. The highest BCUT2D eigenvalue weighted by Crippen LogP contribution is 2.38. The Morgan fingerprint density at radius 3 is 2.77 bits per heavy atom. The van der Waals surface area contributed by atoms with E-state index in [9.17, 15) is 9.59 Å². The van der Waals surface area contributed by atoms with Crippen LogP contribution in [-0.2, 0) is 9.59 Å². The number of aromatic nitrogens is 2. The smallest absolute Gasteiger partial charge is 0.249 e. The quantitative estimate of drug-likeness (QED) is 0.857. The van der Waals surface area contributed by atoms with Crippen molar-refractivity contribution in [2.75, 3.05) is 0 Å². The van der Waals surface area contributed by atoms with Gasteiger partial charge in [0.25, 0.3) is 0 Å². The number of nitrogens with one attached hydrogen (secondary N) is 2. The molecule has 0 bridgehead atoms. The van der Waals surface area contributed by atoms with E-state index in [4.69, 9.17) is 4.52 Å². The second-order valence-corrected chi connectivity index (χ2v) is 6.51. The van der Waals surface area contributed by atoms with Crippen molar-refractivity contribution in [3.63, 3.8) is 0 Å². The van der Waals surface area contributed by atoms with Crippen molar-refractivity contribution in [2.45, 2.75) is 64.0 Å². The summed E-state index contributed by atoms with van der Waals surface area (Å²) in [6, 6.07) is -0.792. The van der Waals surface area contributed by atoms with Crippen molar-refractivity contribution >= 4 is 11.8 Å². The van der Waals surface area contributed by atoms with Crippen molar-refractivity contribution in [1.29, 1.82) is 0 Å². The van der Waals surface area contributed by atoms with Crippen LogP contribution < -0.4 is 10.6 Å². The van der Waals surface area contributed by atoms with E-state index in [2.05, 4.69) is 20.8 Å². The van der Waals surface area contributed by atoms with Gasteiger partial charge in [0.05, 0.1) is 0 Å². The number of carbonyl (C=O) groups excluding carboxylic acids is 2. The van der Waals surface area contributed by atoms with Crippen LogP contribution in [0.5, 0.6) is 0 Å². The Morgan fingerprint density at radius 2 is 2.14 bits per heavy atom. The minimum atomic E-state index is -0.465. The van der Waals surface area contributed by atoms with Crippen LogP contribution in [0.1, 0.15) is 69.6 Å². The molecule has 3 rings (SSSR count). The highest BCUT2D eigenvalue weighted by molar-refractivity contribution is 5.88. The molecule has 0 radical (unpaired) electrons. The first-order chi connectivity index (χ1) is 10.5. The molecule has 2 fully saturated rings. The zero-order chi connectivity index (χ0) is 15.7. The summed E-state index contributed by atoms with van der Waals surface area (Å²) in [6.07, 6.45) is 4.10. The van der Waals surface area contributed by atoms with Gasteiger partial charge in [0.2, 0.25) is 17.7 Å². The van der Waals surface area contributed by atoms with Crippen LogP contribution in [0, 0.1) is 5.92 Å². The average Bonchev–Trinajstić information content (AvgIpc) is 3.22. The van der Waals surface area contributed by atoms with E-state index in [-0.39, 0.29) is 23.8 Å². The van der Waals surface area contributed by atoms with Gasteiger partial charge in [0.15, 0.2) is 5.82 Å². The summed E-state index contributed by atoms with van der Waals surface area (Å²) >= 11 is 0. The van der Waals surface area contributed by atoms with E-state index in [0.717, 1.165) is 25.1 Å². The zero-order valence-electron chi connectivity index (χ0n) is 13.0. The normalized spacial score (nSPS) is 23.2. The molecule has 1 aromatic heterocycles. The molecule has 1 aromatic rings. The predicted octanol–water partition coefficient (Wildman–Crippen LogP) is 1.43. The van der Waals surface area contributed by atoms with Gasteiger partial charge in [-0.3, -0.25) is 9.59 Å². The van der Waals surface area contributed by atoms with Gasteiger partial charge in [-0.1, -0.05) is 19.0 Å². The molecule has 2 N–H and O–H groups in total. The number of carbonyl (C=O) groups is 2. The van der Waals surface area contributed by atoms with E-state index in [1.165, 1.54) is 0 Å². The minimum absolute atomic E-state index is 0.0682. The molecule has 2 aliphatic rings. The highest BCUT2D eigenvalue weighted by Gasteiger charge is 2.33. The van der Waals surface area contributed by atoms with Crippen molar-refractivity contribution in [3.8, 4) is 0 Å². The van der Waals surface area contributed by atoms with Crippen LogP contribution in [0.3, 0.4) is 0 Å². The van der Waals surface area contributed by atoms with Gasteiger partial charge in [-0.2, -0.15) is 4.98 Å². The maximum absolute atomic E-state index is 12.4. The Labute approximate surface area is 129 Å². The first-order valence-electron chi connectivity index (χ1n) is 7.98. The first kappa shape index (κ1) is 15.0. The number of amides is 2. The maximum Gasteiger partial charge on any atom is 0.249 e. The van der Waals surface area contributed by atoms with Crippen molar-refractivity contribution in [2.24, 2.45) is 5.92 Å². The fraction of sp³-hybridized carbons (Fsp3) is 0.733. The van der Waals surface area contributed by atoms with Gasteiger partial charge in [0.1, 0.15) is 12.1 Å². The molecule has 0 spiro atoms. The molecule has 1 saturated heterocycles. The van der Waals surface area contributed by atoms with Crippen molar-refractivity contribution in [1.82, 2.24) is 20.8 Å². The molecule has 1 aliphatic heterocycles. The van der Waals surface area contributed by atoms with Gasteiger partial charge in [0, 0.05) is 12.3 Å². The van der Waals surface area contributed by atoms with Gasteiger partial charge in [-0.05, 0) is 31.6 Å². The lowest BCUT2D eigenvalue weighted by Gasteiger charge is -2.25. The molecule has 120 valence electrons. The molecule has 0 unspecified atom stereocenters. The monoisotopic (exact) mass is 306 g/mol. The van der Waals surface area contributed by atoms with E-state index in [1.807, 2.05) is 13.8 Å². The highest BCUT2D eigenvalue weighted by atomic mass is 16.5. The predicted molar refractivity (Wildman–Crippen MR) is 77.8 cm³/mol. The summed E-state index contributed by atoms with van der Waals surface area (Å²) in [6.45, 7) is 3.98. The number of hydrogen-bond donors (Lipinski definition) is 2. The fourth-order valence-corrected chi connectivity index (χ4v) is 2.65. The van der Waals surface area contributed by atoms with Crippen LogP contribution in [0.2, 0.25) is 0 Å². The standard InChI is InChI=1S/C15H22N4O3/c1-8(2)12(15-18-13(19-22-15)9-6-7-9)17-14(21)10-4-3-5-11(20)16-10/h8-10,12H,3-7H2,1-2H3,(H,16,20)(H,17,21)/t10-,12-/m1/s1. The molecule has 7 heteroatoms. The average molecular weight is 306 g/mol. The number of nitrogens with zero attached hydrogens (tertiary/aromatic N) is 2. The summed E-state index contributed by atoms with van der Waals surface area (Å²) < 4.78 is 5.34. The molecule has 7 nitrogen and oxygen atoms in total. The minimum Gasteiger partial charge on any atom is -0.344 e. The summed E-state index contributed by atoms with van der Waals surface area (Å²) in [7, 11) is 0. The van der Waals surface area contributed by atoms with Gasteiger partial charge >= 0.3 is 0 Å². The van der Waals surface area contributed by atoms with Crippen LogP contribution >= 0.6 is 0 Å². The molecule has 1 saturated carbocycles. The molecular weight excluding hydrogens is 284 g/mol. The van der Waals surface area contributed by atoms with Crippen LogP contribution in [0.25, 0.3) is 0 Å². The lowest BCUT2D eigenvalue weighted by atomic mass is 10.0. The van der Waals surface area contributed by atoms with Crippen LogP contribution in [-0.4, -0.2) is 28.0 Å². The van der Waals surface area contributed by atoms with E-state index in [0.29, 0.717) is 24.7 Å². The number of hydrogen-bond acceptors (Lipinski definition) is 5. The third kappa shape index (κ3) is 3.28. The third-order valence-corrected chi connectivity index (χ3v) is 4.18. The maximum atomic E-state index is 12.4. The van der Waals surface area contributed by atoms with E-state index >= 15 is 0 Å². The van der Waals surface area contributed by atoms with Gasteiger partial charge in [-0.25, -0.2) is 0 Å². The van der Waals surface area contributed by atoms with Crippen molar-refractivity contribution in [3.05, 3.63) is 11.7 Å². The number of piperidine rings is 1. The largest absolute Gasteiger partial charge is 0.344 e. The van der Waals surface area contributed by atoms with E-state index < -0.39 is 6.04 Å². The van der Waals surface area contributed by atoms with Gasteiger partial charge < -0.3 is 15.2 Å². The Hall–Kier alpha value is -1.92. The Bertz CT molecular complexity index is 565.